The minimum Gasteiger partial charge on any atom is -0.497 e. The van der Waals surface area contributed by atoms with Crippen molar-refractivity contribution in [1.29, 1.82) is 0 Å². The van der Waals surface area contributed by atoms with Gasteiger partial charge in [-0.25, -0.2) is 0 Å². The predicted molar refractivity (Wildman–Crippen MR) is 138 cm³/mol. The van der Waals surface area contributed by atoms with E-state index in [1.807, 2.05) is 44.2 Å². The van der Waals surface area contributed by atoms with E-state index < -0.39 is 0 Å². The summed E-state index contributed by atoms with van der Waals surface area (Å²) in [7, 11) is 1.58. The quantitative estimate of drug-likeness (QED) is 0.265. The highest BCUT2D eigenvalue weighted by molar-refractivity contribution is 6.36. The number of anilines is 1. The van der Waals surface area contributed by atoms with E-state index in [2.05, 4.69) is 5.32 Å². The summed E-state index contributed by atoms with van der Waals surface area (Å²) in [6.07, 6.45) is 3.20. The van der Waals surface area contributed by atoms with Gasteiger partial charge in [-0.1, -0.05) is 35.3 Å². The third kappa shape index (κ3) is 5.06. The molecule has 1 N–H and O–H groups in total. The maximum atomic E-state index is 12.7. The highest BCUT2D eigenvalue weighted by Gasteiger charge is 2.17. The lowest BCUT2D eigenvalue weighted by molar-refractivity contribution is -0.111. The van der Waals surface area contributed by atoms with Gasteiger partial charge in [-0.15, -0.1) is 0 Å². The number of halogens is 2. The van der Waals surface area contributed by atoms with Gasteiger partial charge in [0.25, 0.3) is 0 Å². The van der Waals surface area contributed by atoms with Gasteiger partial charge in [-0.3, -0.25) is 4.79 Å². The molecule has 5 nitrogen and oxygen atoms in total. The van der Waals surface area contributed by atoms with Crippen LogP contribution in [0.5, 0.6) is 11.5 Å². The molecule has 4 rings (SSSR count). The van der Waals surface area contributed by atoms with Crippen molar-refractivity contribution in [2.45, 2.75) is 13.8 Å². The van der Waals surface area contributed by atoms with Crippen molar-refractivity contribution in [3.05, 3.63) is 82.5 Å². The molecule has 0 aliphatic heterocycles. The first-order valence-corrected chi connectivity index (χ1v) is 11.4. The Balaban J connectivity index is 1.73. The van der Waals surface area contributed by atoms with Crippen molar-refractivity contribution >= 4 is 51.3 Å². The van der Waals surface area contributed by atoms with Crippen molar-refractivity contribution in [3.8, 4) is 22.6 Å². The molecule has 174 valence electrons. The highest BCUT2D eigenvalue weighted by Crippen LogP contribution is 2.40. The fourth-order valence-corrected chi connectivity index (χ4v) is 4.22. The lowest BCUT2D eigenvalue weighted by Gasteiger charge is -2.12. The first kappa shape index (κ1) is 23.7. The topological polar surface area (TPSA) is 60.7 Å². The van der Waals surface area contributed by atoms with E-state index in [0.29, 0.717) is 39.4 Å². The van der Waals surface area contributed by atoms with E-state index in [1.165, 1.54) is 6.08 Å². The van der Waals surface area contributed by atoms with Crippen LogP contribution in [0.4, 0.5) is 5.69 Å². The van der Waals surface area contributed by atoms with Crippen molar-refractivity contribution < 1.29 is 18.7 Å². The molecule has 0 radical (unpaired) electrons. The summed E-state index contributed by atoms with van der Waals surface area (Å²) in [5.41, 5.74) is 4.44. The first-order chi connectivity index (χ1) is 16.4. The largest absolute Gasteiger partial charge is 0.497 e. The highest BCUT2D eigenvalue weighted by atomic mass is 35.5. The number of methoxy groups -OCH3 is 1. The van der Waals surface area contributed by atoms with Gasteiger partial charge in [0.2, 0.25) is 5.91 Å². The number of hydrogen-bond acceptors (Lipinski definition) is 4. The van der Waals surface area contributed by atoms with Crippen molar-refractivity contribution in [2.24, 2.45) is 0 Å². The number of benzene rings is 3. The normalized spacial score (nSPS) is 11.5. The van der Waals surface area contributed by atoms with Gasteiger partial charge < -0.3 is 19.2 Å². The molecule has 34 heavy (non-hydrogen) atoms. The Morgan fingerprint density at radius 1 is 1.09 bits per heavy atom. The molecule has 4 aromatic rings. The molecule has 0 spiro atoms. The van der Waals surface area contributed by atoms with Gasteiger partial charge in [-0.2, -0.15) is 0 Å². The zero-order chi connectivity index (χ0) is 24.2. The molecular formula is C27H23Cl2NO4. The summed E-state index contributed by atoms with van der Waals surface area (Å²) in [5.74, 6) is 1.03. The number of carbonyl (C=O) groups is 1. The summed E-state index contributed by atoms with van der Waals surface area (Å²) in [4.78, 5) is 12.7. The molecule has 0 unspecified atom stereocenters. The Hall–Kier alpha value is -3.41. The van der Waals surface area contributed by atoms with Crippen molar-refractivity contribution in [3.63, 3.8) is 0 Å². The Bertz CT molecular complexity index is 1390. The number of carbonyl (C=O) groups excluding carboxylic acids is 1. The van der Waals surface area contributed by atoms with Crippen LogP contribution < -0.4 is 14.8 Å². The summed E-state index contributed by atoms with van der Waals surface area (Å²) >= 11 is 12.5. The Morgan fingerprint density at radius 3 is 2.65 bits per heavy atom. The Morgan fingerprint density at radius 2 is 1.91 bits per heavy atom. The van der Waals surface area contributed by atoms with E-state index in [0.717, 1.165) is 27.6 Å². The SMILES string of the molecule is CCOc1cc2occ(-c3ccc(Cl)cc3Cl)c2cc1/C(C)=C/C(=O)Nc1cccc(OC)c1. The second-order valence-electron chi connectivity index (χ2n) is 7.60. The van der Waals surface area contributed by atoms with Gasteiger partial charge in [0.05, 0.1) is 25.0 Å². The van der Waals surface area contributed by atoms with E-state index in [-0.39, 0.29) is 5.91 Å². The number of fused-ring (bicyclic) bond motifs is 1. The van der Waals surface area contributed by atoms with Crippen LogP contribution in [-0.4, -0.2) is 19.6 Å². The molecule has 7 heteroatoms. The smallest absolute Gasteiger partial charge is 0.248 e. The predicted octanol–water partition coefficient (Wildman–Crippen LogP) is 7.86. The molecule has 0 atom stereocenters. The van der Waals surface area contributed by atoms with Crippen LogP contribution in [0, 0.1) is 0 Å². The average Bonchev–Trinajstić information content (AvgIpc) is 3.21. The molecule has 1 amide bonds. The van der Waals surface area contributed by atoms with Gasteiger partial charge >= 0.3 is 0 Å². The van der Waals surface area contributed by atoms with Crippen molar-refractivity contribution in [1.82, 2.24) is 0 Å². The third-order valence-corrected chi connectivity index (χ3v) is 5.85. The second-order valence-corrected chi connectivity index (χ2v) is 8.44. The number of ether oxygens (including phenoxy) is 2. The van der Waals surface area contributed by atoms with E-state index >= 15 is 0 Å². The van der Waals surface area contributed by atoms with Crippen molar-refractivity contribution in [2.75, 3.05) is 19.0 Å². The Kier molecular flexibility index (Phi) is 7.15. The van der Waals surface area contributed by atoms with Crippen LogP contribution in [0.2, 0.25) is 10.0 Å². The van der Waals surface area contributed by atoms with Crippen LogP contribution in [0.15, 0.2) is 71.4 Å². The first-order valence-electron chi connectivity index (χ1n) is 10.7. The zero-order valence-corrected chi connectivity index (χ0v) is 20.5. The maximum absolute atomic E-state index is 12.7. The van der Waals surface area contributed by atoms with Crippen LogP contribution in [0.25, 0.3) is 27.7 Å². The van der Waals surface area contributed by atoms with E-state index in [9.17, 15) is 4.79 Å². The molecule has 0 bridgehead atoms. The fraction of sp³-hybridized carbons (Fsp3) is 0.148. The van der Waals surface area contributed by atoms with Gasteiger partial charge in [0.15, 0.2) is 0 Å². The number of rotatable bonds is 7. The fourth-order valence-electron chi connectivity index (χ4n) is 3.71. The molecule has 0 aliphatic rings. The summed E-state index contributed by atoms with van der Waals surface area (Å²) in [6, 6.07) is 16.3. The lowest BCUT2D eigenvalue weighted by atomic mass is 9.99. The minimum absolute atomic E-state index is 0.263. The number of allylic oxidation sites excluding steroid dienone is 1. The monoisotopic (exact) mass is 495 g/mol. The lowest BCUT2D eigenvalue weighted by Crippen LogP contribution is -2.08. The molecule has 0 fully saturated rings. The number of amides is 1. The molecule has 1 heterocycles. The molecule has 0 aliphatic carbocycles. The molecule has 0 saturated carbocycles. The van der Waals surface area contributed by atoms with Crippen LogP contribution in [0.3, 0.4) is 0 Å². The molecule has 0 saturated heterocycles. The zero-order valence-electron chi connectivity index (χ0n) is 18.9. The summed E-state index contributed by atoms with van der Waals surface area (Å²) in [6.45, 7) is 4.24. The standard InChI is InChI=1S/C27H23Cl2NO4/c1-4-33-25-14-26-22(23(15-34-26)20-9-8-17(28)11-24(20)29)13-21(25)16(2)10-27(31)30-18-6-5-7-19(12-18)32-3/h5-15H,4H2,1-3H3,(H,30,31)/b16-10+. The van der Waals surface area contributed by atoms with E-state index in [1.54, 1.807) is 37.6 Å². The number of furan rings is 1. The van der Waals surface area contributed by atoms with Gasteiger partial charge in [0.1, 0.15) is 17.1 Å². The maximum Gasteiger partial charge on any atom is 0.248 e. The number of nitrogens with one attached hydrogen (secondary N) is 1. The minimum atomic E-state index is -0.263. The van der Waals surface area contributed by atoms with Crippen LogP contribution in [0.1, 0.15) is 19.4 Å². The van der Waals surface area contributed by atoms with Crippen LogP contribution >= 0.6 is 23.2 Å². The molecular weight excluding hydrogens is 473 g/mol. The second kappa shape index (κ2) is 10.2. The Labute approximate surface area is 207 Å². The van der Waals surface area contributed by atoms with Gasteiger partial charge in [0, 0.05) is 51.0 Å². The summed E-state index contributed by atoms with van der Waals surface area (Å²) in [5, 5.41) is 4.80. The summed E-state index contributed by atoms with van der Waals surface area (Å²) < 4.78 is 16.9. The van der Waals surface area contributed by atoms with E-state index in [4.69, 9.17) is 37.1 Å². The average molecular weight is 496 g/mol. The van der Waals surface area contributed by atoms with Crippen LogP contribution in [-0.2, 0) is 4.79 Å². The van der Waals surface area contributed by atoms with Gasteiger partial charge in [-0.05, 0) is 49.8 Å². The molecule has 1 aromatic heterocycles. The molecule has 3 aromatic carbocycles. The third-order valence-electron chi connectivity index (χ3n) is 5.31. The number of hydrogen-bond donors (Lipinski definition) is 1.